The van der Waals surface area contributed by atoms with Crippen LogP contribution in [0.25, 0.3) is 0 Å². The van der Waals surface area contributed by atoms with Gasteiger partial charge in [-0.3, -0.25) is 4.79 Å². The fourth-order valence-electron chi connectivity index (χ4n) is 2.43. The Balaban J connectivity index is 2.26. The number of carbonyl (C=O) groups is 1. The van der Waals surface area contributed by atoms with Crippen LogP contribution in [0.2, 0.25) is 0 Å². The number of hydrogen-bond acceptors (Lipinski definition) is 3. The second-order valence-corrected chi connectivity index (χ2v) is 5.42. The molecular weight excluding hydrogens is 290 g/mol. The molecule has 0 aliphatic heterocycles. The number of amides is 1. The van der Waals surface area contributed by atoms with E-state index in [2.05, 4.69) is 25.2 Å². The lowest BCUT2D eigenvalue weighted by atomic mass is 9.97. The average Bonchev–Trinajstić information content (AvgIpc) is 2.60. The largest absolute Gasteiger partial charge is 0.493 e. The minimum Gasteiger partial charge on any atom is -0.493 e. The molecule has 0 bridgehead atoms. The van der Waals surface area contributed by atoms with Crippen molar-refractivity contribution in [2.24, 2.45) is 0 Å². The molecule has 0 aliphatic rings. The highest BCUT2D eigenvalue weighted by molar-refractivity contribution is 6.05. The summed E-state index contributed by atoms with van der Waals surface area (Å²) >= 11 is 0. The molecule has 0 heterocycles. The van der Waals surface area contributed by atoms with Gasteiger partial charge in [-0.25, -0.2) is 0 Å². The molecule has 0 unspecified atom stereocenters. The molecule has 2 rings (SSSR count). The Hall–Kier alpha value is -2.49. The molecule has 1 atom stereocenters. The smallest absolute Gasteiger partial charge is 0.255 e. The Morgan fingerprint density at radius 2 is 1.78 bits per heavy atom. The van der Waals surface area contributed by atoms with Gasteiger partial charge < -0.3 is 14.8 Å². The third-order valence-electron chi connectivity index (χ3n) is 4.00. The van der Waals surface area contributed by atoms with Crippen LogP contribution in [-0.4, -0.2) is 20.1 Å². The number of para-hydroxylation sites is 1. The fourth-order valence-corrected chi connectivity index (χ4v) is 2.43. The zero-order valence-electron chi connectivity index (χ0n) is 14.1. The van der Waals surface area contributed by atoms with E-state index >= 15 is 0 Å². The van der Waals surface area contributed by atoms with Gasteiger partial charge >= 0.3 is 0 Å². The lowest BCUT2D eigenvalue weighted by Gasteiger charge is -2.16. The summed E-state index contributed by atoms with van der Waals surface area (Å²) in [5.41, 5.74) is 2.52. The number of rotatable bonds is 6. The van der Waals surface area contributed by atoms with Crippen LogP contribution >= 0.6 is 0 Å². The zero-order valence-corrected chi connectivity index (χ0v) is 14.1. The molecule has 0 spiro atoms. The molecule has 2 aromatic carbocycles. The maximum Gasteiger partial charge on any atom is 0.255 e. The van der Waals surface area contributed by atoms with E-state index in [0.717, 1.165) is 17.7 Å². The van der Waals surface area contributed by atoms with Crippen molar-refractivity contribution in [3.05, 3.63) is 53.6 Å². The SMILES string of the molecule is CC[C@H](C)c1ccccc1NC(=O)c1ccc(OC)c(OC)c1. The first-order valence-corrected chi connectivity index (χ1v) is 7.73. The van der Waals surface area contributed by atoms with Crippen molar-refractivity contribution in [1.82, 2.24) is 0 Å². The lowest BCUT2D eigenvalue weighted by Crippen LogP contribution is -2.14. The van der Waals surface area contributed by atoms with Gasteiger partial charge in [0.1, 0.15) is 0 Å². The van der Waals surface area contributed by atoms with Crippen molar-refractivity contribution in [1.29, 1.82) is 0 Å². The molecular formula is C19H23NO3. The standard InChI is InChI=1S/C19H23NO3/c1-5-13(2)15-8-6-7-9-16(15)20-19(21)14-10-11-17(22-3)18(12-14)23-4/h6-13H,5H2,1-4H3,(H,20,21)/t13-/m0/s1. The second-order valence-electron chi connectivity index (χ2n) is 5.42. The molecule has 23 heavy (non-hydrogen) atoms. The first kappa shape index (κ1) is 16.9. The monoisotopic (exact) mass is 313 g/mol. The summed E-state index contributed by atoms with van der Waals surface area (Å²) in [7, 11) is 3.12. The lowest BCUT2D eigenvalue weighted by molar-refractivity contribution is 0.102. The quantitative estimate of drug-likeness (QED) is 0.856. The van der Waals surface area contributed by atoms with Crippen molar-refractivity contribution in [2.75, 3.05) is 19.5 Å². The van der Waals surface area contributed by atoms with Crippen molar-refractivity contribution in [3.8, 4) is 11.5 Å². The third-order valence-corrected chi connectivity index (χ3v) is 4.00. The zero-order chi connectivity index (χ0) is 16.8. The molecule has 1 amide bonds. The molecule has 0 aromatic heterocycles. The van der Waals surface area contributed by atoms with Crippen LogP contribution < -0.4 is 14.8 Å². The highest BCUT2D eigenvalue weighted by atomic mass is 16.5. The summed E-state index contributed by atoms with van der Waals surface area (Å²) in [5, 5.41) is 3.00. The van der Waals surface area contributed by atoms with Gasteiger partial charge in [0.05, 0.1) is 14.2 Å². The van der Waals surface area contributed by atoms with E-state index in [-0.39, 0.29) is 5.91 Å². The maximum absolute atomic E-state index is 12.5. The van der Waals surface area contributed by atoms with Gasteiger partial charge in [0, 0.05) is 11.3 Å². The van der Waals surface area contributed by atoms with Gasteiger partial charge in [0.25, 0.3) is 5.91 Å². The van der Waals surface area contributed by atoms with Crippen molar-refractivity contribution >= 4 is 11.6 Å². The van der Waals surface area contributed by atoms with E-state index in [4.69, 9.17) is 9.47 Å². The van der Waals surface area contributed by atoms with Crippen LogP contribution in [-0.2, 0) is 0 Å². The van der Waals surface area contributed by atoms with Crippen LogP contribution in [0, 0.1) is 0 Å². The van der Waals surface area contributed by atoms with Crippen LogP contribution in [0.5, 0.6) is 11.5 Å². The Kier molecular flexibility index (Phi) is 5.63. The fraction of sp³-hybridized carbons (Fsp3) is 0.316. The molecule has 1 N–H and O–H groups in total. The number of benzene rings is 2. The van der Waals surface area contributed by atoms with Gasteiger partial charge in [0.2, 0.25) is 0 Å². The normalized spacial score (nSPS) is 11.7. The third kappa shape index (κ3) is 3.83. The average molecular weight is 313 g/mol. The number of anilines is 1. The van der Waals surface area contributed by atoms with Crippen LogP contribution in [0.1, 0.15) is 42.1 Å². The maximum atomic E-state index is 12.5. The van der Waals surface area contributed by atoms with E-state index in [9.17, 15) is 4.79 Å². The van der Waals surface area contributed by atoms with E-state index < -0.39 is 0 Å². The summed E-state index contributed by atoms with van der Waals surface area (Å²) in [4.78, 5) is 12.5. The summed E-state index contributed by atoms with van der Waals surface area (Å²) in [6.45, 7) is 4.29. The molecule has 0 radical (unpaired) electrons. The van der Waals surface area contributed by atoms with E-state index in [1.807, 2.05) is 18.2 Å². The van der Waals surface area contributed by atoms with Crippen LogP contribution in [0.4, 0.5) is 5.69 Å². The van der Waals surface area contributed by atoms with E-state index in [1.165, 1.54) is 0 Å². The number of carbonyl (C=O) groups excluding carboxylic acids is 1. The summed E-state index contributed by atoms with van der Waals surface area (Å²) < 4.78 is 10.4. The molecule has 2 aromatic rings. The summed E-state index contributed by atoms with van der Waals surface area (Å²) in [6.07, 6.45) is 1.02. The molecule has 4 nitrogen and oxygen atoms in total. The Labute approximate surface area is 137 Å². The number of nitrogens with one attached hydrogen (secondary N) is 1. The molecule has 0 saturated heterocycles. The van der Waals surface area contributed by atoms with Crippen LogP contribution in [0.15, 0.2) is 42.5 Å². The predicted octanol–water partition coefficient (Wildman–Crippen LogP) is 4.47. The van der Waals surface area contributed by atoms with Gasteiger partial charge in [-0.05, 0) is 42.2 Å². The summed E-state index contributed by atoms with van der Waals surface area (Å²) in [5.74, 6) is 1.36. The van der Waals surface area contributed by atoms with Gasteiger partial charge in [-0.15, -0.1) is 0 Å². The minimum atomic E-state index is -0.165. The first-order valence-electron chi connectivity index (χ1n) is 7.73. The highest BCUT2D eigenvalue weighted by Crippen LogP contribution is 2.29. The Morgan fingerprint density at radius 3 is 2.43 bits per heavy atom. The minimum absolute atomic E-state index is 0.165. The summed E-state index contributed by atoms with van der Waals surface area (Å²) in [6, 6.07) is 13.0. The van der Waals surface area contributed by atoms with Crippen molar-refractivity contribution in [3.63, 3.8) is 0 Å². The molecule has 0 fully saturated rings. The topological polar surface area (TPSA) is 47.6 Å². The number of ether oxygens (including phenoxy) is 2. The van der Waals surface area contributed by atoms with Crippen molar-refractivity contribution < 1.29 is 14.3 Å². The van der Waals surface area contributed by atoms with Gasteiger partial charge in [-0.1, -0.05) is 32.0 Å². The Morgan fingerprint density at radius 1 is 1.09 bits per heavy atom. The van der Waals surface area contributed by atoms with E-state index in [1.54, 1.807) is 32.4 Å². The Bertz CT molecular complexity index is 682. The number of hydrogen-bond donors (Lipinski definition) is 1. The predicted molar refractivity (Wildman–Crippen MR) is 92.6 cm³/mol. The molecule has 4 heteroatoms. The second kappa shape index (κ2) is 7.68. The highest BCUT2D eigenvalue weighted by Gasteiger charge is 2.14. The first-order chi connectivity index (χ1) is 11.1. The molecule has 0 saturated carbocycles. The molecule has 122 valence electrons. The van der Waals surface area contributed by atoms with Gasteiger partial charge in [0.15, 0.2) is 11.5 Å². The van der Waals surface area contributed by atoms with Crippen molar-refractivity contribution in [2.45, 2.75) is 26.2 Å². The number of methoxy groups -OCH3 is 2. The van der Waals surface area contributed by atoms with E-state index in [0.29, 0.717) is 23.0 Å². The van der Waals surface area contributed by atoms with Gasteiger partial charge in [-0.2, -0.15) is 0 Å². The van der Waals surface area contributed by atoms with Crippen LogP contribution in [0.3, 0.4) is 0 Å². The molecule has 0 aliphatic carbocycles.